The van der Waals surface area contributed by atoms with Crippen LogP contribution in [-0.4, -0.2) is 71.1 Å². The number of aromatic nitrogens is 2. The topological polar surface area (TPSA) is 236 Å². The minimum Gasteiger partial charge on any atom is -0.458 e. The monoisotopic (exact) mass is 898 g/mol. The van der Waals surface area contributed by atoms with E-state index in [1.54, 1.807) is 19.9 Å². The number of ether oxygens (including phenoxy) is 3. The van der Waals surface area contributed by atoms with Gasteiger partial charge in [0.25, 0.3) is 5.56 Å². The van der Waals surface area contributed by atoms with Crippen LogP contribution in [0.3, 0.4) is 0 Å². The summed E-state index contributed by atoms with van der Waals surface area (Å²) < 4.78 is 33.4. The first-order chi connectivity index (χ1) is 31.9. The lowest BCUT2D eigenvalue weighted by Gasteiger charge is -2.31. The fourth-order valence-electron chi connectivity index (χ4n) is 9.95. The average molecular weight is 899 g/mol. The number of azide groups is 1. The van der Waals surface area contributed by atoms with E-state index in [0.717, 1.165) is 27.8 Å². The Hall–Kier alpha value is -7.14. The summed E-state index contributed by atoms with van der Waals surface area (Å²) >= 11 is 0. The highest BCUT2D eigenvalue weighted by Gasteiger charge is 2.46. The molecule has 17 nitrogen and oxygen atoms in total. The Kier molecular flexibility index (Phi) is 12.0. The molecule has 0 saturated carbocycles. The number of unbranched alkanes of at least 4 members (excludes halogenated alkanes) is 1. The maximum Gasteiger partial charge on any atom is 0.407 e. The van der Waals surface area contributed by atoms with Gasteiger partial charge in [-0.1, -0.05) is 67.0 Å². The number of fused-ring (bicyclic) bond motifs is 8. The molecule has 3 atom stereocenters. The minimum atomic E-state index is -2.03. The summed E-state index contributed by atoms with van der Waals surface area (Å²) in [5.74, 6) is -2.55. The smallest absolute Gasteiger partial charge is 0.407 e. The van der Waals surface area contributed by atoms with Crippen molar-refractivity contribution in [2.45, 2.75) is 89.1 Å². The SMILES string of the molecule is CC[C@@]1(O)C(=O)OCc2c1cc1n(c2=O)Cc2c-1nc1cc(F)c(C)c3c1c2[C@@H](NC(=O)COCNC(=O)[C@H](CCCCN=[N+]=[N-])NC(=O)OCC1c2ccccc2-c2ccccc21)CC3. The van der Waals surface area contributed by atoms with Crippen LogP contribution >= 0.6 is 0 Å². The zero-order chi connectivity index (χ0) is 46.3. The number of pyridine rings is 2. The van der Waals surface area contributed by atoms with Gasteiger partial charge in [-0.05, 0) is 89.6 Å². The molecule has 0 unspecified atom stereocenters. The van der Waals surface area contributed by atoms with Crippen LogP contribution in [0, 0.1) is 12.7 Å². The van der Waals surface area contributed by atoms with Crippen molar-refractivity contribution in [1.82, 2.24) is 25.5 Å². The van der Waals surface area contributed by atoms with Gasteiger partial charge in [-0.15, -0.1) is 0 Å². The molecule has 0 saturated heterocycles. The van der Waals surface area contributed by atoms with Crippen molar-refractivity contribution in [1.29, 1.82) is 0 Å². The third-order valence-electron chi connectivity index (χ3n) is 13.3. The molecule has 4 aliphatic rings. The lowest BCUT2D eigenvalue weighted by molar-refractivity contribution is -0.172. The van der Waals surface area contributed by atoms with E-state index >= 15 is 4.39 Å². The van der Waals surface area contributed by atoms with Gasteiger partial charge in [-0.3, -0.25) is 14.4 Å². The highest BCUT2D eigenvalue weighted by atomic mass is 19.1. The number of amides is 3. The Morgan fingerprint density at radius 2 is 1.82 bits per heavy atom. The normalized spacial score (nSPS) is 17.9. The number of halogens is 1. The zero-order valence-electron chi connectivity index (χ0n) is 36.3. The summed E-state index contributed by atoms with van der Waals surface area (Å²) in [7, 11) is 0. The van der Waals surface area contributed by atoms with Crippen molar-refractivity contribution in [2.75, 3.05) is 26.5 Å². The van der Waals surface area contributed by atoms with Crippen LogP contribution < -0.4 is 21.5 Å². The molecular weight excluding hydrogens is 852 g/mol. The van der Waals surface area contributed by atoms with E-state index in [-0.39, 0.29) is 62.9 Å². The molecule has 9 rings (SSSR count). The molecule has 340 valence electrons. The Morgan fingerprint density at radius 1 is 1.08 bits per heavy atom. The summed E-state index contributed by atoms with van der Waals surface area (Å²) in [6.45, 7) is 2.55. The van der Waals surface area contributed by atoms with Gasteiger partial charge in [-0.2, -0.15) is 0 Å². The zero-order valence-corrected chi connectivity index (χ0v) is 36.3. The van der Waals surface area contributed by atoms with Crippen molar-refractivity contribution < 1.29 is 42.9 Å². The van der Waals surface area contributed by atoms with Gasteiger partial charge >= 0.3 is 12.1 Å². The first-order valence-corrected chi connectivity index (χ1v) is 22.0. The van der Waals surface area contributed by atoms with Gasteiger partial charge in [0.05, 0.1) is 35.1 Å². The van der Waals surface area contributed by atoms with Crippen molar-refractivity contribution in [3.63, 3.8) is 0 Å². The van der Waals surface area contributed by atoms with E-state index in [1.807, 2.05) is 48.5 Å². The lowest BCUT2D eigenvalue weighted by Crippen LogP contribution is -2.47. The fourth-order valence-corrected chi connectivity index (χ4v) is 9.95. The number of carbonyl (C=O) groups excluding carboxylic acids is 4. The molecule has 0 radical (unpaired) electrons. The van der Waals surface area contributed by atoms with Gasteiger partial charge in [0.15, 0.2) is 5.60 Å². The van der Waals surface area contributed by atoms with Crippen LogP contribution in [-0.2, 0) is 53.8 Å². The lowest BCUT2D eigenvalue weighted by atomic mass is 9.81. The molecule has 2 aliphatic heterocycles. The van der Waals surface area contributed by atoms with Crippen LogP contribution in [0.5, 0.6) is 0 Å². The number of hydrogen-bond acceptors (Lipinski definition) is 11. The number of aliphatic hydroxyl groups is 1. The van der Waals surface area contributed by atoms with E-state index in [4.69, 9.17) is 24.7 Å². The number of nitrogens with one attached hydrogen (secondary N) is 3. The molecule has 2 aromatic heterocycles. The minimum absolute atomic E-state index is 0.0302. The number of rotatable bonds is 15. The molecule has 5 aromatic rings. The molecule has 18 heteroatoms. The van der Waals surface area contributed by atoms with E-state index in [0.29, 0.717) is 64.7 Å². The largest absolute Gasteiger partial charge is 0.458 e. The third-order valence-corrected chi connectivity index (χ3v) is 13.3. The van der Waals surface area contributed by atoms with Crippen molar-refractivity contribution in [2.24, 2.45) is 5.11 Å². The van der Waals surface area contributed by atoms with E-state index in [1.165, 1.54) is 10.6 Å². The fraction of sp³-hybridized carbons (Fsp3) is 0.375. The maximum absolute atomic E-state index is 15.4. The molecule has 2 aliphatic carbocycles. The van der Waals surface area contributed by atoms with Crippen LogP contribution in [0.25, 0.3) is 43.9 Å². The summed E-state index contributed by atoms with van der Waals surface area (Å²) in [5.41, 5.74) is 14.3. The van der Waals surface area contributed by atoms with Gasteiger partial charge < -0.3 is 39.8 Å². The summed E-state index contributed by atoms with van der Waals surface area (Å²) in [6.07, 6.45) is 1.15. The number of carbonyl (C=O) groups is 4. The number of alkyl carbamates (subject to hydrolysis) is 1. The van der Waals surface area contributed by atoms with Gasteiger partial charge in [0, 0.05) is 40.0 Å². The Labute approximate surface area is 377 Å². The highest BCUT2D eigenvalue weighted by Crippen LogP contribution is 2.47. The predicted molar refractivity (Wildman–Crippen MR) is 237 cm³/mol. The Morgan fingerprint density at radius 3 is 2.55 bits per heavy atom. The Bertz CT molecular complexity index is 2900. The van der Waals surface area contributed by atoms with Gasteiger partial charge in [0.1, 0.15) is 38.4 Å². The summed E-state index contributed by atoms with van der Waals surface area (Å²) in [6, 6.07) is 17.2. The van der Waals surface area contributed by atoms with Crippen molar-refractivity contribution >= 4 is 34.8 Å². The quantitative estimate of drug-likeness (QED) is 0.0231. The molecule has 3 aromatic carbocycles. The van der Waals surface area contributed by atoms with Crippen LogP contribution in [0.4, 0.5) is 9.18 Å². The molecular formula is C48H47FN8O9. The van der Waals surface area contributed by atoms with Crippen molar-refractivity contribution in [3.05, 3.63) is 132 Å². The number of nitrogens with zero attached hydrogens (tertiary/aromatic N) is 5. The second-order valence-electron chi connectivity index (χ2n) is 17.0. The third kappa shape index (κ3) is 7.80. The van der Waals surface area contributed by atoms with Gasteiger partial charge in [-0.25, -0.2) is 19.0 Å². The predicted octanol–water partition coefficient (Wildman–Crippen LogP) is 6.11. The average Bonchev–Trinajstić information content (AvgIpc) is 3.85. The first kappa shape index (κ1) is 44.1. The second-order valence-corrected chi connectivity index (χ2v) is 17.0. The Balaban J connectivity index is 0.870. The molecule has 0 bridgehead atoms. The standard InChI is InChI=1S/C48H47FN8O9/c1-3-48(63)34-18-39-43-31(20-57(39)45(60)33(34)22-65-46(48)61)42-36(16-15-26-25(2)35(49)19-38(54-43)41(26)42)53-40(58)23-64-24-51-44(59)37(14-8-9-17-52-56-50)55-47(62)66-21-32-29-12-6-4-10-27(29)28-11-5-7-13-30(28)32/h4-7,10-13,18-19,32,36-37,63H,3,8-9,14-17,20-24H2,1-2H3,(H,51,59)(H,53,58)(H,55,62)/t36-,37-,48-/m0/s1. The molecule has 66 heavy (non-hydrogen) atoms. The van der Waals surface area contributed by atoms with Crippen LogP contribution in [0.15, 0.2) is 70.6 Å². The number of aryl methyl sites for hydroxylation is 1. The highest BCUT2D eigenvalue weighted by molar-refractivity contribution is 5.94. The maximum atomic E-state index is 15.4. The summed E-state index contributed by atoms with van der Waals surface area (Å²) in [5, 5.41) is 23.9. The van der Waals surface area contributed by atoms with Crippen molar-refractivity contribution in [3.8, 4) is 22.5 Å². The number of esters is 1. The number of cyclic esters (lactones) is 1. The van der Waals surface area contributed by atoms with Crippen LogP contribution in [0.1, 0.15) is 95.5 Å². The van der Waals surface area contributed by atoms with Gasteiger partial charge in [0.2, 0.25) is 11.8 Å². The molecule has 0 spiro atoms. The number of hydrogen-bond donors (Lipinski definition) is 4. The van der Waals surface area contributed by atoms with E-state index in [9.17, 15) is 29.1 Å². The molecule has 4 N–H and O–H groups in total. The first-order valence-electron chi connectivity index (χ1n) is 22.0. The second kappa shape index (κ2) is 18.0. The van der Waals surface area contributed by atoms with Crippen LogP contribution in [0.2, 0.25) is 0 Å². The van der Waals surface area contributed by atoms with E-state index in [2.05, 4.69) is 26.0 Å². The van der Waals surface area contributed by atoms with E-state index < -0.39 is 59.5 Å². The molecule has 0 fully saturated rings. The number of benzene rings is 3. The summed E-state index contributed by atoms with van der Waals surface area (Å²) in [4.78, 5) is 74.6. The molecule has 4 heterocycles. The molecule has 3 amide bonds.